The number of H-pyrrole nitrogens is 1. The van der Waals surface area contributed by atoms with Crippen LogP contribution in [0.2, 0.25) is 0 Å². The highest BCUT2D eigenvalue weighted by Crippen LogP contribution is 2.36. The highest BCUT2D eigenvalue weighted by atomic mass is 32.1. The number of aromatic hydroxyl groups is 2. The Morgan fingerprint density at radius 3 is 3.00 bits per heavy atom. The van der Waals surface area contributed by atoms with Crippen LogP contribution in [0.4, 0.5) is 0 Å². The van der Waals surface area contributed by atoms with E-state index in [0.29, 0.717) is 11.3 Å². The molecule has 0 spiro atoms. The molecule has 1 aromatic heterocycles. The number of methoxy groups -OCH3 is 1. The smallest absolute Gasteiger partial charge is 0.200 e. The molecule has 7 heteroatoms. The number of phenols is 2. The lowest BCUT2D eigenvalue weighted by atomic mass is 10.1. The van der Waals surface area contributed by atoms with Gasteiger partial charge in [0.2, 0.25) is 5.75 Å². The van der Waals surface area contributed by atoms with E-state index in [-0.39, 0.29) is 17.2 Å². The van der Waals surface area contributed by atoms with E-state index in [0.717, 1.165) is 36.3 Å². The van der Waals surface area contributed by atoms with Crippen LogP contribution in [0.25, 0.3) is 0 Å². The van der Waals surface area contributed by atoms with Gasteiger partial charge in [-0.25, -0.2) is 4.98 Å². The topological polar surface area (TPSA) is 81.6 Å². The van der Waals surface area contributed by atoms with Crippen molar-refractivity contribution in [3.63, 3.8) is 0 Å². The van der Waals surface area contributed by atoms with Crippen molar-refractivity contribution in [3.05, 3.63) is 39.9 Å². The molecule has 0 amide bonds. The first-order valence-corrected chi connectivity index (χ1v) is 7.36. The second kappa shape index (κ2) is 5.94. The van der Waals surface area contributed by atoms with Crippen LogP contribution in [0.3, 0.4) is 0 Å². The number of aromatic nitrogens is 2. The third kappa shape index (κ3) is 2.90. The van der Waals surface area contributed by atoms with Crippen molar-refractivity contribution in [2.24, 2.45) is 0 Å². The molecule has 6 nitrogen and oxygen atoms in total. The molecule has 2 heterocycles. The van der Waals surface area contributed by atoms with E-state index < -0.39 is 0 Å². The van der Waals surface area contributed by atoms with E-state index >= 15 is 0 Å². The third-order valence-corrected chi connectivity index (χ3v) is 4.00. The minimum Gasteiger partial charge on any atom is -0.504 e. The Morgan fingerprint density at radius 2 is 2.23 bits per heavy atom. The van der Waals surface area contributed by atoms with Gasteiger partial charge in [0.1, 0.15) is 0 Å². The molecule has 22 heavy (non-hydrogen) atoms. The first-order chi connectivity index (χ1) is 10.6. The van der Waals surface area contributed by atoms with Crippen LogP contribution < -0.4 is 4.74 Å². The molecule has 1 aliphatic rings. The summed E-state index contributed by atoms with van der Waals surface area (Å²) in [6.07, 6.45) is 2.69. The van der Waals surface area contributed by atoms with Crippen molar-refractivity contribution >= 4 is 12.2 Å². The molecular formula is C15H17N3O3S. The van der Waals surface area contributed by atoms with Gasteiger partial charge in [-0.3, -0.25) is 4.90 Å². The molecular weight excluding hydrogens is 302 g/mol. The summed E-state index contributed by atoms with van der Waals surface area (Å²) in [5.41, 5.74) is 3.16. The Morgan fingerprint density at radius 1 is 1.41 bits per heavy atom. The van der Waals surface area contributed by atoms with E-state index in [2.05, 4.69) is 14.9 Å². The molecule has 0 radical (unpaired) electrons. The second-order valence-electron chi connectivity index (χ2n) is 5.32. The summed E-state index contributed by atoms with van der Waals surface area (Å²) in [5, 5.41) is 19.4. The number of rotatable bonds is 3. The van der Waals surface area contributed by atoms with Gasteiger partial charge in [0.15, 0.2) is 16.3 Å². The maximum Gasteiger partial charge on any atom is 0.200 e. The highest BCUT2D eigenvalue weighted by molar-refractivity contribution is 7.71. The molecule has 3 N–H and O–H groups in total. The van der Waals surface area contributed by atoms with Crippen molar-refractivity contribution in [3.8, 4) is 17.2 Å². The zero-order chi connectivity index (χ0) is 15.7. The second-order valence-corrected chi connectivity index (χ2v) is 5.71. The van der Waals surface area contributed by atoms with Gasteiger partial charge < -0.3 is 19.9 Å². The predicted octanol–water partition coefficient (Wildman–Crippen LogP) is 2.12. The fraction of sp³-hybridized carbons (Fsp3) is 0.333. The quantitative estimate of drug-likeness (QED) is 0.594. The summed E-state index contributed by atoms with van der Waals surface area (Å²) in [6, 6.07) is 3.30. The Kier molecular flexibility index (Phi) is 4.00. The normalized spacial score (nSPS) is 14.6. The highest BCUT2D eigenvalue weighted by Gasteiger charge is 2.18. The maximum absolute atomic E-state index is 9.75. The van der Waals surface area contributed by atoms with Gasteiger partial charge in [0.25, 0.3) is 0 Å². The lowest BCUT2D eigenvalue weighted by molar-refractivity contribution is 0.241. The fourth-order valence-electron chi connectivity index (χ4n) is 2.69. The Bertz CT molecular complexity index is 760. The van der Waals surface area contributed by atoms with Gasteiger partial charge in [-0.2, -0.15) is 0 Å². The van der Waals surface area contributed by atoms with Gasteiger partial charge in [-0.05, 0) is 29.9 Å². The predicted molar refractivity (Wildman–Crippen MR) is 83.6 cm³/mol. The van der Waals surface area contributed by atoms with Crippen molar-refractivity contribution in [1.82, 2.24) is 14.9 Å². The van der Waals surface area contributed by atoms with Crippen LogP contribution in [0, 0.1) is 4.77 Å². The molecule has 0 unspecified atom stereocenters. The number of fused-ring (bicyclic) bond motifs is 1. The molecule has 0 atom stereocenters. The number of phenolic OH excluding ortho intramolecular Hbond substituents is 2. The SMILES string of the molecule is COc1cc(CN2CCc3[nH]c(=S)ncc3C2)cc(O)c1O. The van der Waals surface area contributed by atoms with Gasteiger partial charge in [0, 0.05) is 43.5 Å². The zero-order valence-corrected chi connectivity index (χ0v) is 13.0. The summed E-state index contributed by atoms with van der Waals surface area (Å²) in [6.45, 7) is 2.30. The Labute approximate surface area is 133 Å². The summed E-state index contributed by atoms with van der Waals surface area (Å²) < 4.78 is 5.58. The van der Waals surface area contributed by atoms with Gasteiger partial charge >= 0.3 is 0 Å². The van der Waals surface area contributed by atoms with E-state index in [1.807, 2.05) is 6.20 Å². The van der Waals surface area contributed by atoms with Crippen LogP contribution in [-0.4, -0.2) is 38.7 Å². The van der Waals surface area contributed by atoms with Gasteiger partial charge in [-0.1, -0.05) is 0 Å². The Hall–Kier alpha value is -2.12. The van der Waals surface area contributed by atoms with E-state index in [1.165, 1.54) is 7.11 Å². The number of benzene rings is 1. The summed E-state index contributed by atoms with van der Waals surface area (Å²) >= 11 is 5.04. The number of ether oxygens (including phenoxy) is 1. The standard InChI is InChI=1S/C15H17N3O3S/c1-21-13-5-9(4-12(19)14(13)20)7-18-3-2-11-10(8-18)6-16-15(22)17-11/h4-6,19-20H,2-3,7-8H2,1H3,(H,16,17,22). The number of nitrogens with zero attached hydrogens (tertiary/aromatic N) is 2. The van der Waals surface area contributed by atoms with Crippen molar-refractivity contribution in [1.29, 1.82) is 0 Å². The maximum atomic E-state index is 9.75. The fourth-order valence-corrected chi connectivity index (χ4v) is 2.87. The minimum absolute atomic E-state index is 0.169. The van der Waals surface area contributed by atoms with Crippen LogP contribution in [-0.2, 0) is 19.5 Å². The molecule has 0 aliphatic carbocycles. The molecule has 116 valence electrons. The molecule has 2 aromatic rings. The summed E-state index contributed by atoms with van der Waals surface area (Å²) in [4.78, 5) is 9.50. The molecule has 0 saturated carbocycles. The van der Waals surface area contributed by atoms with E-state index in [9.17, 15) is 10.2 Å². The minimum atomic E-state index is -0.230. The van der Waals surface area contributed by atoms with Crippen LogP contribution in [0.5, 0.6) is 17.2 Å². The molecule has 0 fully saturated rings. The molecule has 3 rings (SSSR count). The van der Waals surface area contributed by atoms with Crippen LogP contribution in [0.15, 0.2) is 18.3 Å². The average molecular weight is 319 g/mol. The number of hydrogen-bond donors (Lipinski definition) is 3. The van der Waals surface area contributed by atoms with Crippen molar-refractivity contribution in [2.45, 2.75) is 19.5 Å². The molecule has 0 bridgehead atoms. The zero-order valence-electron chi connectivity index (χ0n) is 12.2. The lowest BCUT2D eigenvalue weighted by Crippen LogP contribution is -2.30. The molecule has 1 aliphatic heterocycles. The van der Waals surface area contributed by atoms with Crippen molar-refractivity contribution < 1.29 is 14.9 Å². The van der Waals surface area contributed by atoms with Crippen LogP contribution in [0.1, 0.15) is 16.8 Å². The first kappa shape index (κ1) is 14.8. The van der Waals surface area contributed by atoms with Crippen molar-refractivity contribution in [2.75, 3.05) is 13.7 Å². The summed E-state index contributed by atoms with van der Waals surface area (Å²) in [5.74, 6) is -0.123. The van der Waals surface area contributed by atoms with Crippen LogP contribution >= 0.6 is 12.2 Å². The average Bonchev–Trinajstić information content (AvgIpc) is 2.51. The Balaban J connectivity index is 1.79. The van der Waals surface area contributed by atoms with E-state index in [4.69, 9.17) is 17.0 Å². The monoisotopic (exact) mass is 319 g/mol. The molecule has 0 saturated heterocycles. The van der Waals surface area contributed by atoms with Gasteiger partial charge in [0.05, 0.1) is 7.11 Å². The third-order valence-electron chi connectivity index (χ3n) is 3.80. The largest absolute Gasteiger partial charge is 0.504 e. The molecule has 1 aromatic carbocycles. The van der Waals surface area contributed by atoms with Gasteiger partial charge in [-0.15, -0.1) is 0 Å². The lowest BCUT2D eigenvalue weighted by Gasteiger charge is -2.28. The number of nitrogens with one attached hydrogen (secondary N) is 1. The van der Waals surface area contributed by atoms with E-state index in [1.54, 1.807) is 12.1 Å². The number of hydrogen-bond acceptors (Lipinski definition) is 6. The summed E-state index contributed by atoms with van der Waals surface area (Å²) in [7, 11) is 1.46. The number of aromatic amines is 1. The first-order valence-electron chi connectivity index (χ1n) is 6.95.